The zero-order valence-corrected chi connectivity index (χ0v) is 16.2. The van der Waals surface area contributed by atoms with Crippen LogP contribution in [0.3, 0.4) is 0 Å². The van der Waals surface area contributed by atoms with Crippen LogP contribution in [0.1, 0.15) is 5.56 Å². The van der Waals surface area contributed by atoms with Crippen molar-refractivity contribution < 1.29 is 27.3 Å². The molecule has 2 aromatic carbocycles. The van der Waals surface area contributed by atoms with Gasteiger partial charge >= 0.3 is 6.18 Å². The van der Waals surface area contributed by atoms with Crippen molar-refractivity contribution in [3.63, 3.8) is 0 Å². The minimum absolute atomic E-state index is 0.00166. The van der Waals surface area contributed by atoms with Gasteiger partial charge in [0, 0.05) is 17.7 Å². The number of nitro benzene ring substituents is 1. The van der Waals surface area contributed by atoms with Crippen molar-refractivity contribution in [2.24, 2.45) is 0 Å². The van der Waals surface area contributed by atoms with E-state index in [0.29, 0.717) is 5.56 Å². The molecule has 3 rings (SSSR count). The number of nitro groups is 1. The van der Waals surface area contributed by atoms with Gasteiger partial charge in [0.05, 0.1) is 26.9 Å². The molecule has 1 amide bonds. The number of anilines is 1. The molecule has 1 heterocycles. The zero-order chi connectivity index (χ0) is 21.9. The highest BCUT2D eigenvalue weighted by Crippen LogP contribution is 2.34. The maximum atomic E-state index is 12.8. The molecular weight excluding hydrogens is 449 g/mol. The molecule has 1 N–H and O–H groups in total. The molecule has 0 aliphatic rings. The van der Waals surface area contributed by atoms with E-state index >= 15 is 0 Å². The average Bonchev–Trinajstić information content (AvgIpc) is 3.16. The van der Waals surface area contributed by atoms with E-state index in [1.54, 1.807) is 0 Å². The first-order chi connectivity index (χ1) is 14.1. The number of alkyl halides is 3. The van der Waals surface area contributed by atoms with E-state index in [4.69, 9.17) is 16.0 Å². The molecule has 3 aromatic rings. The lowest BCUT2D eigenvalue weighted by Crippen LogP contribution is -2.15. The Morgan fingerprint density at radius 1 is 1.23 bits per heavy atom. The fraction of sp³-hybridized carbons (Fsp3) is 0.118. The topological polar surface area (TPSA) is 111 Å². The highest BCUT2D eigenvalue weighted by atomic mass is 35.5. The summed E-state index contributed by atoms with van der Waals surface area (Å²) in [6.07, 6.45) is -4.58. The van der Waals surface area contributed by atoms with Crippen LogP contribution in [0, 0.1) is 10.1 Å². The van der Waals surface area contributed by atoms with Crippen molar-refractivity contribution in [3.8, 4) is 11.5 Å². The number of non-ortho nitro benzene ring substituents is 1. The highest BCUT2D eigenvalue weighted by Gasteiger charge is 2.31. The van der Waals surface area contributed by atoms with Gasteiger partial charge in [-0.25, -0.2) is 0 Å². The molecule has 8 nitrogen and oxygen atoms in total. The van der Waals surface area contributed by atoms with Crippen molar-refractivity contribution >= 4 is 40.6 Å². The SMILES string of the molecule is O=C(CSc1nnc(-c2cccc([N+](=O)[O-])c2)o1)Nc1cc(C(F)(F)F)ccc1Cl. The van der Waals surface area contributed by atoms with Crippen LogP contribution >= 0.6 is 23.4 Å². The van der Waals surface area contributed by atoms with Crippen molar-refractivity contribution in [1.29, 1.82) is 0 Å². The molecule has 0 fully saturated rings. The summed E-state index contributed by atoms with van der Waals surface area (Å²) in [6.45, 7) is 0. The van der Waals surface area contributed by atoms with Gasteiger partial charge in [-0.15, -0.1) is 10.2 Å². The van der Waals surface area contributed by atoms with E-state index in [9.17, 15) is 28.1 Å². The standard InChI is InChI=1S/C17H10ClF3N4O4S/c18-12-5-4-10(17(19,20)21)7-13(12)22-14(26)8-30-16-24-23-15(29-16)9-2-1-3-11(6-9)25(27)28/h1-7H,8H2,(H,22,26). The molecule has 0 aliphatic carbocycles. The van der Waals surface area contributed by atoms with Crippen LogP contribution in [0.25, 0.3) is 11.5 Å². The highest BCUT2D eigenvalue weighted by molar-refractivity contribution is 7.99. The van der Waals surface area contributed by atoms with Crippen molar-refractivity contribution in [2.45, 2.75) is 11.4 Å². The molecule has 1 aromatic heterocycles. The number of halogens is 4. The molecule has 30 heavy (non-hydrogen) atoms. The van der Waals surface area contributed by atoms with Crippen LogP contribution in [0.5, 0.6) is 0 Å². The molecule has 13 heteroatoms. The summed E-state index contributed by atoms with van der Waals surface area (Å²) in [5.74, 6) is -0.873. The van der Waals surface area contributed by atoms with Crippen molar-refractivity contribution in [2.75, 3.05) is 11.1 Å². The fourth-order valence-corrected chi connectivity index (χ4v) is 2.98. The van der Waals surface area contributed by atoms with Crippen LogP contribution in [-0.2, 0) is 11.0 Å². The molecule has 0 saturated carbocycles. The van der Waals surface area contributed by atoms with Crippen LogP contribution in [0.15, 0.2) is 52.1 Å². The van der Waals surface area contributed by atoms with Crippen LogP contribution < -0.4 is 5.32 Å². The van der Waals surface area contributed by atoms with E-state index < -0.39 is 22.6 Å². The lowest BCUT2D eigenvalue weighted by molar-refractivity contribution is -0.384. The predicted molar refractivity (Wildman–Crippen MR) is 102 cm³/mol. The lowest BCUT2D eigenvalue weighted by Gasteiger charge is -2.11. The second-order valence-electron chi connectivity index (χ2n) is 5.71. The number of hydrogen-bond acceptors (Lipinski definition) is 7. The van der Waals surface area contributed by atoms with Gasteiger partial charge in [0.2, 0.25) is 11.8 Å². The first-order valence-electron chi connectivity index (χ1n) is 8.01. The smallest absolute Gasteiger partial charge is 0.411 e. The van der Waals surface area contributed by atoms with Gasteiger partial charge < -0.3 is 9.73 Å². The van der Waals surface area contributed by atoms with E-state index in [-0.39, 0.29) is 33.3 Å². The first kappa shape index (κ1) is 21.6. The third kappa shape index (κ3) is 5.27. The molecule has 0 aliphatic heterocycles. The quantitative estimate of drug-likeness (QED) is 0.312. The second-order valence-corrected chi connectivity index (χ2v) is 7.04. The zero-order valence-electron chi connectivity index (χ0n) is 14.6. The summed E-state index contributed by atoms with van der Waals surface area (Å²) in [4.78, 5) is 22.3. The molecular formula is C17H10ClF3N4O4S. The number of aromatic nitrogens is 2. The maximum absolute atomic E-state index is 12.8. The Bertz CT molecular complexity index is 1110. The number of nitrogens with one attached hydrogen (secondary N) is 1. The third-order valence-corrected chi connectivity index (χ3v) is 4.75. The molecule has 0 atom stereocenters. The van der Waals surface area contributed by atoms with Gasteiger partial charge in [-0.3, -0.25) is 14.9 Å². The van der Waals surface area contributed by atoms with Crippen LogP contribution in [0.2, 0.25) is 5.02 Å². The number of hydrogen-bond donors (Lipinski definition) is 1. The summed E-state index contributed by atoms with van der Waals surface area (Å²) in [5.41, 5.74) is -0.964. The molecule has 0 bridgehead atoms. The largest absolute Gasteiger partial charge is 0.416 e. The summed E-state index contributed by atoms with van der Waals surface area (Å²) < 4.78 is 43.7. The monoisotopic (exact) mass is 458 g/mol. The number of amides is 1. The number of rotatable bonds is 6. The van der Waals surface area contributed by atoms with Gasteiger partial charge in [0.25, 0.3) is 10.9 Å². The number of benzene rings is 2. The Labute approximate surface area is 175 Å². The predicted octanol–water partition coefficient (Wildman–Crippen LogP) is 5.05. The van der Waals surface area contributed by atoms with E-state index in [1.807, 2.05) is 0 Å². The fourth-order valence-electron chi connectivity index (χ4n) is 2.25. The number of nitrogens with zero attached hydrogens (tertiary/aromatic N) is 3. The normalized spacial score (nSPS) is 11.3. The second kappa shape index (κ2) is 8.71. The van der Waals surface area contributed by atoms with Gasteiger partial charge in [-0.2, -0.15) is 13.2 Å². The molecule has 156 valence electrons. The summed E-state index contributed by atoms with van der Waals surface area (Å²) in [5, 5.41) is 20.6. The van der Waals surface area contributed by atoms with Crippen molar-refractivity contribution in [3.05, 3.63) is 63.2 Å². The lowest BCUT2D eigenvalue weighted by atomic mass is 10.2. The number of carbonyl (C=O) groups excluding carboxylic acids is 1. The Hall–Kier alpha value is -3.12. The summed E-state index contributed by atoms with van der Waals surface area (Å²) in [6, 6.07) is 8.13. The van der Waals surface area contributed by atoms with E-state index in [1.165, 1.54) is 24.3 Å². The van der Waals surface area contributed by atoms with Gasteiger partial charge in [-0.05, 0) is 24.3 Å². The number of thioether (sulfide) groups is 1. The Morgan fingerprint density at radius 2 is 2.00 bits per heavy atom. The van der Waals surface area contributed by atoms with Crippen LogP contribution in [-0.4, -0.2) is 26.8 Å². The van der Waals surface area contributed by atoms with Gasteiger partial charge in [-0.1, -0.05) is 29.4 Å². The summed E-state index contributed by atoms with van der Waals surface area (Å²) in [7, 11) is 0. The minimum atomic E-state index is -4.58. The molecule has 0 saturated heterocycles. The minimum Gasteiger partial charge on any atom is -0.411 e. The number of carbonyl (C=O) groups is 1. The van der Waals surface area contributed by atoms with E-state index in [2.05, 4.69) is 15.5 Å². The van der Waals surface area contributed by atoms with Crippen molar-refractivity contribution in [1.82, 2.24) is 10.2 Å². The third-order valence-electron chi connectivity index (χ3n) is 3.60. The van der Waals surface area contributed by atoms with Gasteiger partial charge in [0.15, 0.2) is 0 Å². The van der Waals surface area contributed by atoms with E-state index in [0.717, 1.165) is 30.0 Å². The Morgan fingerprint density at radius 3 is 2.70 bits per heavy atom. The average molecular weight is 459 g/mol. The maximum Gasteiger partial charge on any atom is 0.416 e. The molecule has 0 spiro atoms. The molecule has 0 radical (unpaired) electrons. The van der Waals surface area contributed by atoms with Crippen LogP contribution in [0.4, 0.5) is 24.5 Å². The first-order valence-corrected chi connectivity index (χ1v) is 9.37. The van der Waals surface area contributed by atoms with Gasteiger partial charge in [0.1, 0.15) is 0 Å². The summed E-state index contributed by atoms with van der Waals surface area (Å²) >= 11 is 6.67. The molecule has 0 unspecified atom stereocenters. The Balaban J connectivity index is 1.64. The Kier molecular flexibility index (Phi) is 6.27.